The number of carbonyl (C=O) groups excluding carboxylic acids is 3. The molecule has 0 bridgehead atoms. The van der Waals surface area contributed by atoms with E-state index < -0.39 is 0 Å². The Kier molecular flexibility index (Phi) is 11.0. The summed E-state index contributed by atoms with van der Waals surface area (Å²) in [5.41, 5.74) is -0.690. The minimum Gasteiger partial charge on any atom is -0.379 e. The Balaban J connectivity index is 3.51. The Bertz CT molecular complexity index is 426. The average molecular weight is 357 g/mol. The van der Waals surface area contributed by atoms with E-state index in [4.69, 9.17) is 9.47 Å². The fourth-order valence-electron chi connectivity index (χ4n) is 1.99. The van der Waals surface area contributed by atoms with Crippen molar-refractivity contribution in [2.45, 2.75) is 73.6 Å². The lowest BCUT2D eigenvalue weighted by Gasteiger charge is -2.16. The van der Waals surface area contributed by atoms with Gasteiger partial charge in [0.15, 0.2) is 0 Å². The number of ketones is 3. The Morgan fingerprint density at radius 2 is 1.08 bits per heavy atom. The van der Waals surface area contributed by atoms with Crippen LogP contribution in [0.3, 0.4) is 0 Å². The summed E-state index contributed by atoms with van der Waals surface area (Å²) in [5, 5.41) is 0. The molecule has 0 aliphatic carbocycles. The molecular formula is C20H36O5. The van der Waals surface area contributed by atoms with Crippen LogP contribution in [-0.4, -0.2) is 43.8 Å². The van der Waals surface area contributed by atoms with Crippen molar-refractivity contribution < 1.29 is 23.9 Å². The minimum absolute atomic E-state index is 0.109. The zero-order valence-corrected chi connectivity index (χ0v) is 16.9. The summed E-state index contributed by atoms with van der Waals surface area (Å²) >= 11 is 0. The molecule has 5 nitrogen and oxygen atoms in total. The van der Waals surface area contributed by atoms with E-state index in [1.807, 2.05) is 41.5 Å². The largest absolute Gasteiger partial charge is 0.379 e. The van der Waals surface area contributed by atoms with Gasteiger partial charge in [0.1, 0.15) is 17.3 Å². The number of ether oxygens (including phenoxy) is 2. The van der Waals surface area contributed by atoms with Crippen molar-refractivity contribution in [1.29, 1.82) is 0 Å². The van der Waals surface area contributed by atoms with Crippen LogP contribution in [0.1, 0.15) is 73.6 Å². The second-order valence-corrected chi connectivity index (χ2v) is 8.46. The summed E-state index contributed by atoms with van der Waals surface area (Å²) in [6, 6.07) is 0. The van der Waals surface area contributed by atoms with Crippen LogP contribution in [0.4, 0.5) is 0 Å². The van der Waals surface area contributed by atoms with Gasteiger partial charge in [-0.2, -0.15) is 0 Å². The zero-order valence-electron chi connectivity index (χ0n) is 16.9. The van der Waals surface area contributed by atoms with Gasteiger partial charge >= 0.3 is 0 Å². The first kappa shape index (κ1) is 23.9. The van der Waals surface area contributed by atoms with Crippen molar-refractivity contribution in [3.8, 4) is 0 Å². The fourth-order valence-corrected chi connectivity index (χ4v) is 1.99. The van der Waals surface area contributed by atoms with Crippen LogP contribution < -0.4 is 0 Å². The Morgan fingerprint density at radius 3 is 1.60 bits per heavy atom. The molecule has 0 aliphatic rings. The summed E-state index contributed by atoms with van der Waals surface area (Å²) in [6.07, 6.45) is 2.17. The highest BCUT2D eigenvalue weighted by molar-refractivity contribution is 5.88. The van der Waals surface area contributed by atoms with Crippen molar-refractivity contribution in [3.05, 3.63) is 0 Å². The van der Waals surface area contributed by atoms with Crippen molar-refractivity contribution in [1.82, 2.24) is 0 Å². The molecule has 25 heavy (non-hydrogen) atoms. The first-order chi connectivity index (χ1) is 11.4. The van der Waals surface area contributed by atoms with E-state index in [-0.39, 0.29) is 28.2 Å². The highest BCUT2D eigenvalue weighted by Crippen LogP contribution is 2.18. The normalized spacial score (nSPS) is 12.2. The van der Waals surface area contributed by atoms with Gasteiger partial charge in [0.05, 0.1) is 19.8 Å². The van der Waals surface area contributed by atoms with E-state index in [2.05, 4.69) is 0 Å². The molecule has 0 unspecified atom stereocenters. The lowest BCUT2D eigenvalue weighted by molar-refractivity contribution is -0.129. The van der Waals surface area contributed by atoms with Gasteiger partial charge in [-0.25, -0.2) is 0 Å². The number of hydrogen-bond acceptors (Lipinski definition) is 5. The molecule has 0 aliphatic heterocycles. The van der Waals surface area contributed by atoms with Gasteiger partial charge in [-0.15, -0.1) is 0 Å². The summed E-state index contributed by atoms with van der Waals surface area (Å²) in [6.45, 7) is 13.1. The predicted molar refractivity (Wildman–Crippen MR) is 98.7 cm³/mol. The predicted octanol–water partition coefficient (Wildman–Crippen LogP) is 3.77. The first-order valence-electron chi connectivity index (χ1n) is 9.18. The van der Waals surface area contributed by atoms with Crippen molar-refractivity contribution in [2.24, 2.45) is 10.8 Å². The minimum atomic E-state index is -0.374. The maximum Gasteiger partial charge on any atom is 0.140 e. The summed E-state index contributed by atoms with van der Waals surface area (Å²) < 4.78 is 10.8. The topological polar surface area (TPSA) is 69.7 Å². The van der Waals surface area contributed by atoms with Gasteiger partial charge in [-0.05, 0) is 6.42 Å². The van der Waals surface area contributed by atoms with E-state index in [0.29, 0.717) is 58.5 Å². The van der Waals surface area contributed by atoms with Crippen molar-refractivity contribution in [3.63, 3.8) is 0 Å². The number of hydrogen-bond donors (Lipinski definition) is 0. The maximum absolute atomic E-state index is 11.8. The van der Waals surface area contributed by atoms with Crippen LogP contribution in [0.2, 0.25) is 0 Å². The van der Waals surface area contributed by atoms with Gasteiger partial charge in [0.2, 0.25) is 0 Å². The van der Waals surface area contributed by atoms with Gasteiger partial charge in [-0.1, -0.05) is 41.5 Å². The molecule has 0 fully saturated rings. The Hall–Kier alpha value is -1.07. The fraction of sp³-hybridized carbons (Fsp3) is 0.850. The van der Waals surface area contributed by atoms with Crippen molar-refractivity contribution in [2.75, 3.05) is 26.4 Å². The van der Waals surface area contributed by atoms with Crippen LogP contribution >= 0.6 is 0 Å². The van der Waals surface area contributed by atoms with Gasteiger partial charge in [0.25, 0.3) is 0 Å². The quantitative estimate of drug-likeness (QED) is 0.470. The lowest BCUT2D eigenvalue weighted by atomic mass is 9.87. The van der Waals surface area contributed by atoms with E-state index in [1.165, 1.54) is 0 Å². The molecule has 0 aromatic carbocycles. The Labute approximate surface area is 152 Å². The second kappa shape index (κ2) is 11.5. The number of Topliss-reactive ketones (excluding diaryl/α,β-unsaturated/α-hetero) is 3. The molecule has 5 heteroatoms. The smallest absolute Gasteiger partial charge is 0.140 e. The molecule has 0 rings (SSSR count). The van der Waals surface area contributed by atoms with Crippen LogP contribution in [0.25, 0.3) is 0 Å². The molecular weight excluding hydrogens is 320 g/mol. The average Bonchev–Trinajstić information content (AvgIpc) is 2.48. The molecule has 0 saturated carbocycles. The SMILES string of the molecule is CC(C)(C)C(=O)CCOCCOCCCC(=O)CCC(=O)C(C)(C)C. The van der Waals surface area contributed by atoms with E-state index in [1.54, 1.807) is 0 Å². The highest BCUT2D eigenvalue weighted by Gasteiger charge is 2.21. The molecule has 146 valence electrons. The van der Waals surface area contributed by atoms with E-state index >= 15 is 0 Å². The summed E-state index contributed by atoms with van der Waals surface area (Å²) in [7, 11) is 0. The molecule has 0 radical (unpaired) electrons. The molecule has 0 N–H and O–H groups in total. The highest BCUT2D eigenvalue weighted by atomic mass is 16.5. The van der Waals surface area contributed by atoms with Crippen molar-refractivity contribution >= 4 is 17.3 Å². The lowest BCUT2D eigenvalue weighted by Crippen LogP contribution is -2.21. The Morgan fingerprint density at radius 1 is 0.600 bits per heavy atom. The number of carbonyl (C=O) groups is 3. The zero-order chi connectivity index (χ0) is 19.5. The molecule has 0 amide bonds. The van der Waals surface area contributed by atoms with E-state index in [9.17, 15) is 14.4 Å². The third kappa shape index (κ3) is 12.9. The summed E-state index contributed by atoms with van der Waals surface area (Å²) in [5.74, 6) is 0.425. The van der Waals surface area contributed by atoms with Crippen LogP contribution in [-0.2, 0) is 23.9 Å². The third-order valence-electron chi connectivity index (χ3n) is 3.89. The van der Waals surface area contributed by atoms with Crippen LogP contribution in [0.15, 0.2) is 0 Å². The second-order valence-electron chi connectivity index (χ2n) is 8.46. The third-order valence-corrected chi connectivity index (χ3v) is 3.89. The molecule has 0 atom stereocenters. The molecule has 0 spiro atoms. The first-order valence-corrected chi connectivity index (χ1v) is 9.18. The van der Waals surface area contributed by atoms with Crippen LogP contribution in [0, 0.1) is 10.8 Å². The maximum atomic E-state index is 11.8. The van der Waals surface area contributed by atoms with Crippen LogP contribution in [0.5, 0.6) is 0 Å². The molecule has 0 aromatic heterocycles. The van der Waals surface area contributed by atoms with E-state index in [0.717, 1.165) is 0 Å². The monoisotopic (exact) mass is 356 g/mol. The molecule has 0 aromatic rings. The summed E-state index contributed by atoms with van der Waals surface area (Å²) in [4.78, 5) is 35.2. The number of rotatable bonds is 13. The molecule has 0 saturated heterocycles. The van der Waals surface area contributed by atoms with Gasteiger partial charge in [-0.3, -0.25) is 14.4 Å². The standard InChI is InChI=1S/C20H36O5/c1-19(2,3)17(22)10-9-16(21)8-7-12-24-14-15-25-13-11-18(23)20(4,5)6/h7-15H2,1-6H3. The molecule has 0 heterocycles. The van der Waals surface area contributed by atoms with Gasteiger partial charge < -0.3 is 9.47 Å². The van der Waals surface area contributed by atoms with Gasteiger partial charge in [0, 0.05) is 43.1 Å².